The fourth-order valence-electron chi connectivity index (χ4n) is 2.98. The van der Waals surface area contributed by atoms with Crippen LogP contribution in [0.15, 0.2) is 18.2 Å². The number of halogens is 1. The molecule has 2 aromatic rings. The summed E-state index contributed by atoms with van der Waals surface area (Å²) in [6, 6.07) is 6.11. The first-order valence-corrected chi connectivity index (χ1v) is 8.40. The molecule has 0 amide bonds. The lowest BCUT2D eigenvalue weighted by atomic mass is 9.97. The summed E-state index contributed by atoms with van der Waals surface area (Å²) in [6.45, 7) is 4.50. The van der Waals surface area contributed by atoms with Crippen molar-refractivity contribution in [2.24, 2.45) is 5.92 Å². The van der Waals surface area contributed by atoms with Gasteiger partial charge in [0.15, 0.2) is 0 Å². The highest BCUT2D eigenvalue weighted by Gasteiger charge is 2.19. The molecule has 122 valence electrons. The van der Waals surface area contributed by atoms with Crippen LogP contribution in [0.1, 0.15) is 17.8 Å². The normalized spacial score (nSPS) is 16.6. The number of aromatic nitrogens is 1. The molecule has 0 atom stereocenters. The second-order valence-electron chi connectivity index (χ2n) is 5.72. The molecule has 1 aliphatic heterocycles. The van der Waals surface area contributed by atoms with E-state index in [0.29, 0.717) is 0 Å². The van der Waals surface area contributed by atoms with Crippen LogP contribution in [0.3, 0.4) is 0 Å². The largest absolute Gasteiger partial charge is 0.497 e. The quantitative estimate of drug-likeness (QED) is 0.906. The van der Waals surface area contributed by atoms with Crippen LogP contribution >= 0.6 is 23.7 Å². The smallest absolute Gasteiger partial charge is 0.120 e. The molecule has 4 nitrogen and oxygen atoms in total. The number of nitrogens with one attached hydrogen (secondary N) is 1. The molecule has 0 unspecified atom stereocenters. The molecule has 22 heavy (non-hydrogen) atoms. The van der Waals surface area contributed by atoms with Gasteiger partial charge >= 0.3 is 0 Å². The van der Waals surface area contributed by atoms with Gasteiger partial charge in [0.1, 0.15) is 10.8 Å². The van der Waals surface area contributed by atoms with Gasteiger partial charge in [0, 0.05) is 0 Å². The zero-order valence-electron chi connectivity index (χ0n) is 13.2. The second-order valence-corrected chi connectivity index (χ2v) is 6.83. The molecule has 6 heteroatoms. The van der Waals surface area contributed by atoms with E-state index >= 15 is 0 Å². The highest BCUT2D eigenvalue weighted by Crippen LogP contribution is 2.28. The van der Waals surface area contributed by atoms with Crippen LogP contribution in [0.4, 0.5) is 0 Å². The lowest BCUT2D eigenvalue weighted by Crippen LogP contribution is -2.36. The van der Waals surface area contributed by atoms with E-state index in [2.05, 4.69) is 16.3 Å². The van der Waals surface area contributed by atoms with E-state index in [9.17, 15) is 0 Å². The molecule has 0 radical (unpaired) electrons. The number of piperidine rings is 1. The molecule has 0 aliphatic carbocycles. The van der Waals surface area contributed by atoms with Gasteiger partial charge in [0.25, 0.3) is 0 Å². The molecule has 1 saturated heterocycles. The Bertz CT molecular complexity index is 596. The van der Waals surface area contributed by atoms with E-state index in [1.807, 2.05) is 19.2 Å². The summed E-state index contributed by atoms with van der Waals surface area (Å²) in [5, 5.41) is 4.50. The Morgan fingerprint density at radius 2 is 2.14 bits per heavy atom. The number of methoxy groups -OCH3 is 1. The molecular weight excluding hydrogens is 318 g/mol. The van der Waals surface area contributed by atoms with Gasteiger partial charge in [0.2, 0.25) is 0 Å². The third-order valence-corrected chi connectivity index (χ3v) is 5.20. The third-order valence-electron chi connectivity index (χ3n) is 4.20. The zero-order chi connectivity index (χ0) is 14.7. The minimum absolute atomic E-state index is 0. The van der Waals surface area contributed by atoms with Crippen LogP contribution in [0.2, 0.25) is 0 Å². The van der Waals surface area contributed by atoms with Crippen LogP contribution in [-0.2, 0) is 6.54 Å². The summed E-state index contributed by atoms with van der Waals surface area (Å²) in [5.41, 5.74) is 1.08. The predicted molar refractivity (Wildman–Crippen MR) is 95.3 cm³/mol. The molecule has 1 fully saturated rings. The van der Waals surface area contributed by atoms with E-state index in [0.717, 1.165) is 30.3 Å². The molecule has 1 N–H and O–H groups in total. The average Bonchev–Trinajstić information content (AvgIpc) is 2.90. The van der Waals surface area contributed by atoms with Crippen molar-refractivity contribution < 1.29 is 4.74 Å². The second kappa shape index (κ2) is 8.11. The van der Waals surface area contributed by atoms with Gasteiger partial charge in [-0.15, -0.1) is 23.7 Å². The minimum atomic E-state index is 0. The monoisotopic (exact) mass is 341 g/mol. The van der Waals surface area contributed by atoms with Crippen molar-refractivity contribution in [1.29, 1.82) is 0 Å². The molecule has 3 rings (SSSR count). The van der Waals surface area contributed by atoms with E-state index in [4.69, 9.17) is 9.72 Å². The summed E-state index contributed by atoms with van der Waals surface area (Å²) in [7, 11) is 3.75. The third kappa shape index (κ3) is 4.10. The Labute approximate surface area is 142 Å². The Balaban J connectivity index is 0.00000176. The van der Waals surface area contributed by atoms with Crippen LogP contribution in [0.25, 0.3) is 10.2 Å². The van der Waals surface area contributed by atoms with Crippen molar-refractivity contribution in [2.45, 2.75) is 19.4 Å². The Morgan fingerprint density at radius 3 is 2.82 bits per heavy atom. The van der Waals surface area contributed by atoms with Gasteiger partial charge in [-0.3, -0.25) is 4.90 Å². The summed E-state index contributed by atoms with van der Waals surface area (Å²) in [6.07, 6.45) is 2.58. The van der Waals surface area contributed by atoms with Crippen LogP contribution in [-0.4, -0.2) is 43.7 Å². The first kappa shape index (κ1) is 17.5. The first-order chi connectivity index (χ1) is 10.3. The Kier molecular flexibility index (Phi) is 6.44. The lowest BCUT2D eigenvalue weighted by Gasteiger charge is -2.31. The SMILES string of the molecule is CNCC1CCN(Cc2nc3ccc(OC)cc3s2)CC1.Cl. The number of nitrogens with zero attached hydrogens (tertiary/aromatic N) is 2. The Morgan fingerprint density at radius 1 is 1.36 bits per heavy atom. The molecule has 0 saturated carbocycles. The number of benzene rings is 1. The van der Waals surface area contributed by atoms with Crippen molar-refractivity contribution in [3.05, 3.63) is 23.2 Å². The standard InChI is InChI=1S/C16H23N3OS.ClH/c1-17-10-12-5-7-19(8-6-12)11-16-18-14-4-3-13(20-2)9-15(14)21-16;/h3-4,9,12,17H,5-8,10-11H2,1-2H3;1H. The summed E-state index contributed by atoms with van der Waals surface area (Å²) >= 11 is 1.79. The fraction of sp³-hybridized carbons (Fsp3) is 0.562. The van der Waals surface area contributed by atoms with Gasteiger partial charge in [0.05, 0.1) is 23.9 Å². The maximum Gasteiger partial charge on any atom is 0.120 e. The van der Waals surface area contributed by atoms with Gasteiger partial charge in [-0.1, -0.05) is 0 Å². The first-order valence-electron chi connectivity index (χ1n) is 7.59. The number of likely N-dealkylation sites (tertiary alicyclic amines) is 1. The van der Waals surface area contributed by atoms with Gasteiger partial charge < -0.3 is 10.1 Å². The number of hydrogen-bond donors (Lipinski definition) is 1. The maximum absolute atomic E-state index is 5.28. The van der Waals surface area contributed by atoms with Crippen molar-refractivity contribution in [3.63, 3.8) is 0 Å². The topological polar surface area (TPSA) is 37.4 Å². The van der Waals surface area contributed by atoms with Gasteiger partial charge in [-0.2, -0.15) is 0 Å². The predicted octanol–water partition coefficient (Wildman–Crippen LogP) is 3.16. The number of thiazole rings is 1. The number of ether oxygens (including phenoxy) is 1. The average molecular weight is 342 g/mol. The molecule has 0 spiro atoms. The van der Waals surface area contributed by atoms with E-state index in [-0.39, 0.29) is 12.4 Å². The molecular formula is C16H24ClN3OS. The van der Waals surface area contributed by atoms with Crippen molar-refractivity contribution >= 4 is 34.0 Å². The van der Waals surface area contributed by atoms with Crippen LogP contribution < -0.4 is 10.1 Å². The van der Waals surface area contributed by atoms with Crippen LogP contribution in [0.5, 0.6) is 5.75 Å². The maximum atomic E-state index is 5.28. The van der Waals surface area contributed by atoms with Crippen molar-refractivity contribution in [3.8, 4) is 5.75 Å². The fourth-order valence-corrected chi connectivity index (χ4v) is 4.01. The molecule has 0 bridgehead atoms. The highest BCUT2D eigenvalue weighted by molar-refractivity contribution is 7.18. The molecule has 1 aliphatic rings. The van der Waals surface area contributed by atoms with E-state index < -0.39 is 0 Å². The van der Waals surface area contributed by atoms with Gasteiger partial charge in [-0.05, 0) is 63.6 Å². The van der Waals surface area contributed by atoms with Gasteiger partial charge in [-0.25, -0.2) is 4.98 Å². The number of rotatable bonds is 5. The zero-order valence-corrected chi connectivity index (χ0v) is 14.8. The summed E-state index contributed by atoms with van der Waals surface area (Å²) in [5.74, 6) is 1.75. The number of hydrogen-bond acceptors (Lipinski definition) is 5. The van der Waals surface area contributed by atoms with E-state index in [1.165, 1.54) is 35.6 Å². The Hall–Kier alpha value is -0.880. The minimum Gasteiger partial charge on any atom is -0.497 e. The molecule has 2 heterocycles. The number of fused-ring (bicyclic) bond motifs is 1. The van der Waals surface area contributed by atoms with E-state index in [1.54, 1.807) is 18.4 Å². The molecule has 1 aromatic heterocycles. The lowest BCUT2D eigenvalue weighted by molar-refractivity contribution is 0.176. The molecule has 1 aromatic carbocycles. The summed E-state index contributed by atoms with van der Waals surface area (Å²) < 4.78 is 6.50. The highest BCUT2D eigenvalue weighted by atomic mass is 35.5. The van der Waals surface area contributed by atoms with Crippen molar-refractivity contribution in [2.75, 3.05) is 33.8 Å². The van der Waals surface area contributed by atoms with Crippen molar-refractivity contribution in [1.82, 2.24) is 15.2 Å². The summed E-state index contributed by atoms with van der Waals surface area (Å²) in [4.78, 5) is 7.28. The van der Waals surface area contributed by atoms with Crippen LogP contribution in [0, 0.1) is 5.92 Å².